The van der Waals surface area contributed by atoms with Gasteiger partial charge in [0.1, 0.15) is 0 Å². The first-order valence-electron chi connectivity index (χ1n) is 4.00. The molecule has 1 fully saturated rings. The lowest BCUT2D eigenvalue weighted by Crippen LogP contribution is -2.25. The van der Waals surface area contributed by atoms with Crippen molar-refractivity contribution in [2.24, 2.45) is 0 Å². The molecular formula is C7H16O2Si. The van der Waals surface area contributed by atoms with Crippen LogP contribution in [0.5, 0.6) is 0 Å². The molecule has 1 saturated carbocycles. The van der Waals surface area contributed by atoms with Gasteiger partial charge in [-0.3, -0.25) is 0 Å². The first-order chi connectivity index (χ1) is 4.68. The average molecular weight is 160 g/mol. The molecule has 60 valence electrons. The minimum Gasteiger partial charge on any atom is -0.394 e. The summed E-state index contributed by atoms with van der Waals surface area (Å²) < 4.78 is 11.2. The minimum atomic E-state index is -0.890. The topological polar surface area (TPSA) is 18.5 Å². The molecule has 1 rings (SSSR count). The van der Waals surface area contributed by atoms with Crippen LogP contribution in [-0.2, 0) is 9.16 Å². The van der Waals surface area contributed by atoms with Gasteiger partial charge >= 0.3 is 0 Å². The summed E-state index contributed by atoms with van der Waals surface area (Å²) in [5.41, 5.74) is 0. The van der Waals surface area contributed by atoms with Gasteiger partial charge in [-0.05, 0) is 20.0 Å². The molecule has 10 heavy (non-hydrogen) atoms. The molecule has 0 unspecified atom stereocenters. The summed E-state index contributed by atoms with van der Waals surface area (Å²) in [6.45, 7) is 7.16. The molecule has 0 saturated heterocycles. The van der Waals surface area contributed by atoms with Crippen LogP contribution in [0.1, 0.15) is 19.8 Å². The first kappa shape index (κ1) is 8.24. The fraction of sp³-hybridized carbons (Fsp3) is 1.00. The fourth-order valence-corrected chi connectivity index (χ4v) is 2.25. The standard InChI is InChI=1S/C7H16O2Si/c1-4-8-7(5-6-7)9-10(2)3/h10H,4-6H2,1-3H3. The lowest BCUT2D eigenvalue weighted by atomic mass is 10.7. The van der Waals surface area contributed by atoms with Crippen LogP contribution in [0.2, 0.25) is 13.1 Å². The minimum absolute atomic E-state index is 0.116. The van der Waals surface area contributed by atoms with E-state index in [1.54, 1.807) is 0 Å². The van der Waals surface area contributed by atoms with Crippen molar-refractivity contribution in [2.45, 2.75) is 38.6 Å². The highest BCUT2D eigenvalue weighted by atomic mass is 28.3. The predicted molar refractivity (Wildman–Crippen MR) is 43.6 cm³/mol. The Morgan fingerprint density at radius 2 is 2.00 bits per heavy atom. The highest BCUT2D eigenvalue weighted by molar-refractivity contribution is 6.48. The summed E-state index contributed by atoms with van der Waals surface area (Å²) in [6, 6.07) is 0. The highest BCUT2D eigenvalue weighted by Crippen LogP contribution is 2.40. The van der Waals surface area contributed by atoms with Gasteiger partial charge in [0.2, 0.25) is 0 Å². The van der Waals surface area contributed by atoms with Crippen LogP contribution in [0, 0.1) is 0 Å². The largest absolute Gasteiger partial charge is 0.394 e. The molecule has 1 aliphatic carbocycles. The molecule has 0 atom stereocenters. The van der Waals surface area contributed by atoms with E-state index in [1.807, 2.05) is 6.92 Å². The zero-order valence-electron chi connectivity index (χ0n) is 7.02. The Kier molecular flexibility index (Phi) is 2.49. The summed E-state index contributed by atoms with van der Waals surface area (Å²) in [5, 5.41) is 0. The van der Waals surface area contributed by atoms with Crippen LogP contribution in [0.3, 0.4) is 0 Å². The van der Waals surface area contributed by atoms with Crippen LogP contribution in [-0.4, -0.2) is 21.4 Å². The molecular weight excluding hydrogens is 144 g/mol. The third kappa shape index (κ3) is 2.07. The second-order valence-corrected chi connectivity index (χ2v) is 5.34. The van der Waals surface area contributed by atoms with Gasteiger partial charge in [0, 0.05) is 19.4 Å². The van der Waals surface area contributed by atoms with Crippen molar-refractivity contribution in [3.05, 3.63) is 0 Å². The molecule has 2 nitrogen and oxygen atoms in total. The van der Waals surface area contributed by atoms with Crippen molar-refractivity contribution in [3.8, 4) is 0 Å². The van der Waals surface area contributed by atoms with E-state index in [-0.39, 0.29) is 5.79 Å². The molecule has 0 heterocycles. The molecule has 0 aliphatic heterocycles. The van der Waals surface area contributed by atoms with Crippen molar-refractivity contribution in [2.75, 3.05) is 6.61 Å². The second kappa shape index (κ2) is 3.03. The van der Waals surface area contributed by atoms with E-state index in [2.05, 4.69) is 13.1 Å². The van der Waals surface area contributed by atoms with Crippen molar-refractivity contribution < 1.29 is 9.16 Å². The SMILES string of the molecule is CCOC1(O[SiH](C)C)CC1. The van der Waals surface area contributed by atoms with Crippen LogP contribution in [0.25, 0.3) is 0 Å². The first-order valence-corrected chi connectivity index (χ1v) is 6.78. The van der Waals surface area contributed by atoms with Crippen LogP contribution >= 0.6 is 0 Å². The quantitative estimate of drug-likeness (QED) is 0.458. The van der Waals surface area contributed by atoms with E-state index in [9.17, 15) is 0 Å². The number of ether oxygens (including phenoxy) is 1. The Morgan fingerprint density at radius 3 is 2.30 bits per heavy atom. The van der Waals surface area contributed by atoms with Gasteiger partial charge in [-0.25, -0.2) is 0 Å². The fourth-order valence-electron chi connectivity index (χ4n) is 1.09. The lowest BCUT2D eigenvalue weighted by molar-refractivity contribution is -0.103. The molecule has 0 aromatic rings. The highest BCUT2D eigenvalue weighted by Gasteiger charge is 2.45. The van der Waals surface area contributed by atoms with Gasteiger partial charge in [-0.15, -0.1) is 0 Å². The Bertz CT molecular complexity index is 110. The maximum atomic E-state index is 5.71. The Labute approximate surface area is 64.3 Å². The Morgan fingerprint density at radius 1 is 1.40 bits per heavy atom. The molecule has 0 N–H and O–H groups in total. The van der Waals surface area contributed by atoms with Crippen molar-refractivity contribution in [3.63, 3.8) is 0 Å². The van der Waals surface area contributed by atoms with Crippen LogP contribution in [0.4, 0.5) is 0 Å². The second-order valence-electron chi connectivity index (χ2n) is 3.01. The average Bonchev–Trinajstić information content (AvgIpc) is 2.47. The Balaban J connectivity index is 2.23. The molecule has 0 radical (unpaired) electrons. The van der Waals surface area contributed by atoms with Crippen LogP contribution in [0.15, 0.2) is 0 Å². The van der Waals surface area contributed by atoms with Gasteiger partial charge in [0.15, 0.2) is 14.8 Å². The molecule has 0 amide bonds. The summed E-state index contributed by atoms with van der Waals surface area (Å²) >= 11 is 0. The van der Waals surface area contributed by atoms with Crippen molar-refractivity contribution >= 4 is 9.04 Å². The number of hydrogen-bond donors (Lipinski definition) is 0. The predicted octanol–water partition coefficient (Wildman–Crippen LogP) is 1.51. The van der Waals surface area contributed by atoms with Gasteiger partial charge in [0.25, 0.3) is 0 Å². The van der Waals surface area contributed by atoms with E-state index in [0.717, 1.165) is 19.4 Å². The maximum Gasteiger partial charge on any atom is 0.174 e. The maximum absolute atomic E-state index is 5.71. The third-order valence-corrected chi connectivity index (χ3v) is 2.42. The molecule has 0 spiro atoms. The Hall–Kier alpha value is 0.137. The van der Waals surface area contributed by atoms with E-state index in [0.29, 0.717) is 0 Å². The lowest BCUT2D eigenvalue weighted by Gasteiger charge is -2.18. The van der Waals surface area contributed by atoms with Gasteiger partial charge in [-0.2, -0.15) is 0 Å². The zero-order valence-corrected chi connectivity index (χ0v) is 8.17. The summed E-state index contributed by atoms with van der Waals surface area (Å²) in [6.07, 6.45) is 2.21. The molecule has 0 aromatic carbocycles. The van der Waals surface area contributed by atoms with E-state index < -0.39 is 9.04 Å². The molecule has 1 aliphatic rings. The summed E-state index contributed by atoms with van der Waals surface area (Å²) in [5.74, 6) is -0.116. The number of rotatable bonds is 4. The summed E-state index contributed by atoms with van der Waals surface area (Å²) in [7, 11) is -0.890. The van der Waals surface area contributed by atoms with E-state index >= 15 is 0 Å². The monoisotopic (exact) mass is 160 g/mol. The third-order valence-electron chi connectivity index (χ3n) is 1.52. The van der Waals surface area contributed by atoms with Crippen molar-refractivity contribution in [1.29, 1.82) is 0 Å². The van der Waals surface area contributed by atoms with Crippen LogP contribution < -0.4 is 0 Å². The molecule has 3 heteroatoms. The van der Waals surface area contributed by atoms with E-state index in [1.165, 1.54) is 0 Å². The van der Waals surface area contributed by atoms with E-state index in [4.69, 9.17) is 9.16 Å². The number of hydrogen-bond acceptors (Lipinski definition) is 2. The zero-order chi connectivity index (χ0) is 7.61. The van der Waals surface area contributed by atoms with Gasteiger partial charge < -0.3 is 9.16 Å². The summed E-state index contributed by atoms with van der Waals surface area (Å²) in [4.78, 5) is 0. The smallest absolute Gasteiger partial charge is 0.174 e. The molecule has 0 bridgehead atoms. The molecule has 0 aromatic heterocycles. The normalized spacial score (nSPS) is 21.6. The van der Waals surface area contributed by atoms with Crippen molar-refractivity contribution in [1.82, 2.24) is 0 Å². The van der Waals surface area contributed by atoms with Gasteiger partial charge in [-0.1, -0.05) is 0 Å². The van der Waals surface area contributed by atoms with Gasteiger partial charge in [0.05, 0.1) is 0 Å².